The molecule has 17 heavy (non-hydrogen) atoms. The molecule has 0 radical (unpaired) electrons. The van der Waals surface area contributed by atoms with E-state index in [1.54, 1.807) is 5.92 Å². The maximum absolute atomic E-state index is 4.11. The van der Waals surface area contributed by atoms with Crippen LogP contribution in [-0.2, 0) is 0 Å². The second kappa shape index (κ2) is 11.4. The molecular formula is C17H28+2. The first kappa shape index (κ1) is 16.0. The predicted molar refractivity (Wildman–Crippen MR) is 79.7 cm³/mol. The van der Waals surface area contributed by atoms with Crippen LogP contribution in [0.1, 0.15) is 57.8 Å². The Kier molecular flexibility index (Phi) is 10.7. The standard InChI is InChI=1S/C17H28/c1-5-8-13-16(4)14-9-10-15-17(11-6-2)12-7-3/h6-7H,1-5,8-15H2/q+2. The van der Waals surface area contributed by atoms with Crippen molar-refractivity contribution in [2.24, 2.45) is 0 Å². The highest BCUT2D eigenvalue weighted by molar-refractivity contribution is 5.00. The fourth-order valence-corrected chi connectivity index (χ4v) is 1.95. The van der Waals surface area contributed by atoms with Gasteiger partial charge < -0.3 is 0 Å². The molecule has 0 nitrogen and oxygen atoms in total. The first-order chi connectivity index (χ1) is 8.24. The van der Waals surface area contributed by atoms with Gasteiger partial charge in [0.05, 0.1) is 25.7 Å². The molecule has 94 valence electrons. The zero-order valence-electron chi connectivity index (χ0n) is 11.3. The number of unbranched alkanes of at least 4 members (excludes halogenated alkanes) is 2. The van der Waals surface area contributed by atoms with Crippen LogP contribution in [0.4, 0.5) is 0 Å². The Bertz CT molecular complexity index is 202. The summed E-state index contributed by atoms with van der Waals surface area (Å²) in [5, 5.41) is 0. The quantitative estimate of drug-likeness (QED) is 0.225. The Morgan fingerprint density at radius 2 is 1.59 bits per heavy atom. The van der Waals surface area contributed by atoms with Gasteiger partial charge in [0, 0.05) is 0 Å². The fraction of sp³-hybridized carbons (Fsp3) is 0.529. The van der Waals surface area contributed by atoms with Gasteiger partial charge in [0.1, 0.15) is 12.8 Å². The number of hydrogen-bond donors (Lipinski definition) is 0. The fourth-order valence-electron chi connectivity index (χ4n) is 1.95. The summed E-state index contributed by atoms with van der Waals surface area (Å²) in [6.07, 6.45) is 14.3. The van der Waals surface area contributed by atoms with Gasteiger partial charge in [-0.15, -0.1) is 0 Å². The number of allylic oxidation sites excluding steroid dienone is 3. The summed E-state index contributed by atoms with van der Waals surface area (Å²) < 4.78 is 0. The normalized spacial score (nSPS) is 9.88. The first-order valence-corrected chi connectivity index (χ1v) is 6.75. The van der Waals surface area contributed by atoms with Crippen LogP contribution in [-0.4, -0.2) is 0 Å². The molecule has 0 heterocycles. The highest BCUT2D eigenvalue weighted by Crippen LogP contribution is 2.22. The van der Waals surface area contributed by atoms with Crippen LogP contribution in [0.5, 0.6) is 0 Å². The Balaban J connectivity index is 3.55. The van der Waals surface area contributed by atoms with Crippen molar-refractivity contribution in [2.75, 3.05) is 0 Å². The van der Waals surface area contributed by atoms with Gasteiger partial charge in [-0.2, -0.15) is 0 Å². The summed E-state index contributed by atoms with van der Waals surface area (Å²) in [6, 6.07) is 0. The Labute approximate surface area is 109 Å². The van der Waals surface area contributed by atoms with E-state index in [2.05, 4.69) is 26.7 Å². The lowest BCUT2D eigenvalue weighted by Crippen LogP contribution is -1.95. The molecule has 0 amide bonds. The molecule has 0 heteroatoms. The lowest BCUT2D eigenvalue weighted by Gasteiger charge is -2.05. The molecule has 0 N–H and O–H groups in total. The van der Waals surface area contributed by atoms with Crippen LogP contribution in [0.15, 0.2) is 37.5 Å². The van der Waals surface area contributed by atoms with Gasteiger partial charge in [-0.1, -0.05) is 25.3 Å². The van der Waals surface area contributed by atoms with Gasteiger partial charge in [-0.05, 0) is 44.3 Å². The van der Waals surface area contributed by atoms with E-state index in [4.69, 9.17) is 0 Å². The summed E-state index contributed by atoms with van der Waals surface area (Å²) in [4.78, 5) is 0. The second-order valence-corrected chi connectivity index (χ2v) is 4.65. The third-order valence-electron chi connectivity index (χ3n) is 2.96. The molecule has 0 atom stereocenters. The van der Waals surface area contributed by atoms with Crippen LogP contribution >= 0.6 is 0 Å². The van der Waals surface area contributed by atoms with Crippen LogP contribution in [0.3, 0.4) is 0 Å². The molecule has 0 bridgehead atoms. The zero-order chi connectivity index (χ0) is 12.9. The number of rotatable bonds is 12. The minimum atomic E-state index is 1.02. The predicted octanol–water partition coefficient (Wildman–Crippen LogP) is 5.83. The molecule has 0 unspecified atom stereocenters. The van der Waals surface area contributed by atoms with Crippen molar-refractivity contribution < 1.29 is 0 Å². The Morgan fingerprint density at radius 3 is 2.12 bits per heavy atom. The largest absolute Gasteiger partial charge is 0.108 e. The maximum atomic E-state index is 4.11. The van der Waals surface area contributed by atoms with E-state index in [9.17, 15) is 0 Å². The minimum Gasteiger partial charge on any atom is -0.0999 e. The van der Waals surface area contributed by atoms with Crippen molar-refractivity contribution in [3.8, 4) is 0 Å². The molecule has 0 aromatic rings. The number of hydrogen-bond acceptors (Lipinski definition) is 0. The second-order valence-electron chi connectivity index (χ2n) is 4.65. The summed E-state index contributed by atoms with van der Waals surface area (Å²) in [7, 11) is 0. The smallest absolute Gasteiger partial charge is 0.0999 e. The third kappa shape index (κ3) is 9.86. The topological polar surface area (TPSA) is 0 Å². The monoisotopic (exact) mass is 232 g/mol. The van der Waals surface area contributed by atoms with E-state index in [-0.39, 0.29) is 0 Å². The molecule has 0 fully saturated rings. The molecule has 0 rings (SSSR count). The van der Waals surface area contributed by atoms with E-state index in [0.29, 0.717) is 0 Å². The molecule has 0 saturated heterocycles. The first-order valence-electron chi connectivity index (χ1n) is 6.75. The average molecular weight is 232 g/mol. The Morgan fingerprint density at radius 1 is 1.00 bits per heavy atom. The van der Waals surface area contributed by atoms with Gasteiger partial charge in [-0.3, -0.25) is 0 Å². The zero-order valence-corrected chi connectivity index (χ0v) is 11.3. The highest BCUT2D eigenvalue weighted by Gasteiger charge is 2.15. The van der Waals surface area contributed by atoms with Gasteiger partial charge in [0.2, 0.25) is 0 Å². The summed E-state index contributed by atoms with van der Waals surface area (Å²) in [5.74, 6) is 1.55. The van der Waals surface area contributed by atoms with Gasteiger partial charge in [0.15, 0.2) is 0 Å². The van der Waals surface area contributed by atoms with Crippen LogP contribution in [0, 0.1) is 12.8 Å². The molecular weight excluding hydrogens is 204 g/mol. The van der Waals surface area contributed by atoms with E-state index in [0.717, 1.165) is 25.7 Å². The van der Waals surface area contributed by atoms with E-state index in [1.807, 2.05) is 12.2 Å². The summed E-state index contributed by atoms with van der Waals surface area (Å²) in [5.41, 5.74) is 1.39. The highest BCUT2D eigenvalue weighted by atomic mass is 14.1. The minimum absolute atomic E-state index is 1.02. The van der Waals surface area contributed by atoms with Crippen molar-refractivity contribution in [1.82, 2.24) is 0 Å². The molecule has 0 aromatic heterocycles. The Hall–Kier alpha value is -1.04. The van der Waals surface area contributed by atoms with Crippen molar-refractivity contribution in [2.45, 2.75) is 57.8 Å². The summed E-state index contributed by atoms with van der Waals surface area (Å²) in [6.45, 7) is 15.6. The molecule has 0 aliphatic heterocycles. The molecule has 0 spiro atoms. The molecule has 0 aliphatic carbocycles. The molecule has 0 saturated carbocycles. The van der Waals surface area contributed by atoms with Gasteiger partial charge in [-0.25, -0.2) is 0 Å². The lowest BCUT2D eigenvalue weighted by atomic mass is 9.93. The maximum Gasteiger partial charge on any atom is 0.108 e. The van der Waals surface area contributed by atoms with Crippen molar-refractivity contribution in [3.63, 3.8) is 0 Å². The summed E-state index contributed by atoms with van der Waals surface area (Å²) >= 11 is 0. The van der Waals surface area contributed by atoms with E-state index >= 15 is 0 Å². The molecule has 0 aliphatic rings. The van der Waals surface area contributed by atoms with Crippen molar-refractivity contribution >= 4 is 0 Å². The van der Waals surface area contributed by atoms with E-state index < -0.39 is 0 Å². The van der Waals surface area contributed by atoms with Crippen LogP contribution in [0.2, 0.25) is 0 Å². The molecule has 0 aromatic carbocycles. The van der Waals surface area contributed by atoms with Crippen molar-refractivity contribution in [3.05, 3.63) is 50.3 Å². The SMILES string of the molecule is C=CC[C+](CC=C)CCCCC(=C)CCC[CH2+]. The van der Waals surface area contributed by atoms with Crippen LogP contribution in [0.25, 0.3) is 0 Å². The van der Waals surface area contributed by atoms with Crippen LogP contribution < -0.4 is 0 Å². The average Bonchev–Trinajstić information content (AvgIpc) is 2.32. The third-order valence-corrected chi connectivity index (χ3v) is 2.96. The van der Waals surface area contributed by atoms with Gasteiger partial charge in [0.25, 0.3) is 0 Å². The lowest BCUT2D eigenvalue weighted by molar-refractivity contribution is 0.642. The van der Waals surface area contributed by atoms with Gasteiger partial charge >= 0.3 is 0 Å². The van der Waals surface area contributed by atoms with E-state index in [1.165, 1.54) is 37.7 Å². The van der Waals surface area contributed by atoms with Crippen molar-refractivity contribution in [1.29, 1.82) is 0 Å².